The minimum absolute atomic E-state index is 0.0139. The van der Waals surface area contributed by atoms with Crippen molar-refractivity contribution in [3.8, 4) is 0 Å². The lowest BCUT2D eigenvalue weighted by Gasteiger charge is -2.22. The van der Waals surface area contributed by atoms with Gasteiger partial charge in [0.25, 0.3) is 0 Å². The first kappa shape index (κ1) is 16.0. The fraction of sp³-hybridized carbons (Fsp3) is 0.357. The van der Waals surface area contributed by atoms with E-state index in [1.807, 2.05) is 6.07 Å². The molecule has 1 aromatic rings. The molecule has 104 valence electrons. The van der Waals surface area contributed by atoms with Crippen molar-refractivity contribution in [1.82, 2.24) is 4.90 Å². The van der Waals surface area contributed by atoms with Crippen LogP contribution in [0.5, 0.6) is 0 Å². The van der Waals surface area contributed by atoms with Gasteiger partial charge in [-0.25, -0.2) is 0 Å². The van der Waals surface area contributed by atoms with Crippen molar-refractivity contribution >= 4 is 29.1 Å². The van der Waals surface area contributed by atoms with Gasteiger partial charge in [-0.3, -0.25) is 4.79 Å². The van der Waals surface area contributed by atoms with Gasteiger partial charge >= 0.3 is 0 Å². The van der Waals surface area contributed by atoms with Crippen molar-refractivity contribution in [2.24, 2.45) is 0 Å². The molecule has 0 saturated heterocycles. The van der Waals surface area contributed by atoms with Gasteiger partial charge in [-0.05, 0) is 24.1 Å². The van der Waals surface area contributed by atoms with Crippen LogP contribution in [-0.4, -0.2) is 29.1 Å². The molecule has 0 saturated carbocycles. The van der Waals surface area contributed by atoms with Gasteiger partial charge in [0, 0.05) is 19.5 Å². The van der Waals surface area contributed by atoms with Crippen LogP contribution in [0.25, 0.3) is 0 Å². The molecule has 3 nitrogen and oxygen atoms in total. The zero-order chi connectivity index (χ0) is 14.3. The Hall–Kier alpha value is -1.03. The highest BCUT2D eigenvalue weighted by molar-refractivity contribution is 6.42. The van der Waals surface area contributed by atoms with Crippen molar-refractivity contribution in [3.63, 3.8) is 0 Å². The highest BCUT2D eigenvalue weighted by Gasteiger charge is 2.13. The van der Waals surface area contributed by atoms with E-state index >= 15 is 0 Å². The fourth-order valence-corrected chi connectivity index (χ4v) is 1.98. The first-order valence-corrected chi connectivity index (χ1v) is 6.77. The minimum atomic E-state index is -0.0683. The van der Waals surface area contributed by atoms with Crippen molar-refractivity contribution in [1.29, 1.82) is 0 Å². The van der Waals surface area contributed by atoms with E-state index in [0.717, 1.165) is 5.56 Å². The number of hydrogen-bond donors (Lipinski definition) is 1. The molecule has 0 fully saturated rings. The molecule has 0 aliphatic carbocycles. The van der Waals surface area contributed by atoms with Crippen LogP contribution in [0.2, 0.25) is 10.0 Å². The summed E-state index contributed by atoms with van der Waals surface area (Å²) < 4.78 is 0. The second kappa shape index (κ2) is 8.20. The highest BCUT2D eigenvalue weighted by Crippen LogP contribution is 2.23. The van der Waals surface area contributed by atoms with Gasteiger partial charge in [0.2, 0.25) is 5.91 Å². The average Bonchev–Trinajstić information content (AvgIpc) is 2.39. The third-order valence-corrected chi connectivity index (χ3v) is 3.38. The second-order valence-electron chi connectivity index (χ2n) is 4.11. The summed E-state index contributed by atoms with van der Waals surface area (Å²) in [6, 6.07) is 5.25. The van der Waals surface area contributed by atoms with E-state index in [0.29, 0.717) is 36.0 Å². The lowest BCUT2D eigenvalue weighted by molar-refractivity contribution is -0.132. The number of aliphatic hydroxyl groups excluding tert-OH is 1. The topological polar surface area (TPSA) is 40.5 Å². The van der Waals surface area contributed by atoms with Crippen molar-refractivity contribution in [3.05, 3.63) is 46.5 Å². The van der Waals surface area contributed by atoms with Gasteiger partial charge in [-0.1, -0.05) is 35.3 Å². The number of amides is 1. The minimum Gasteiger partial charge on any atom is -0.395 e. The predicted molar refractivity (Wildman–Crippen MR) is 78.4 cm³/mol. The number of halogens is 2. The third kappa shape index (κ3) is 5.23. The Balaban J connectivity index is 2.73. The Labute approximate surface area is 123 Å². The van der Waals surface area contributed by atoms with Crippen LogP contribution in [0.15, 0.2) is 30.9 Å². The first-order chi connectivity index (χ1) is 9.08. The number of carbonyl (C=O) groups is 1. The van der Waals surface area contributed by atoms with Crippen LogP contribution in [0, 0.1) is 0 Å². The van der Waals surface area contributed by atoms with Crippen LogP contribution in [0.3, 0.4) is 0 Å². The highest BCUT2D eigenvalue weighted by atomic mass is 35.5. The van der Waals surface area contributed by atoms with E-state index in [2.05, 4.69) is 6.58 Å². The molecule has 1 aromatic carbocycles. The fourth-order valence-electron chi connectivity index (χ4n) is 1.65. The summed E-state index contributed by atoms with van der Waals surface area (Å²) in [4.78, 5) is 13.6. The molecule has 0 heterocycles. The summed E-state index contributed by atoms with van der Waals surface area (Å²) in [7, 11) is 0. The maximum Gasteiger partial charge on any atom is 0.223 e. The van der Waals surface area contributed by atoms with Gasteiger partial charge in [0.05, 0.1) is 16.7 Å². The molecule has 1 rings (SSSR count). The average molecular weight is 302 g/mol. The number of allylic oxidation sites excluding steroid dienone is 1. The molecule has 0 aromatic heterocycles. The lowest BCUT2D eigenvalue weighted by atomic mass is 10.2. The molecule has 0 bridgehead atoms. The molecular formula is C14H17Cl2NO2. The van der Waals surface area contributed by atoms with Crippen molar-refractivity contribution in [2.45, 2.75) is 19.4 Å². The monoisotopic (exact) mass is 301 g/mol. The molecule has 1 amide bonds. The number of rotatable bonds is 7. The van der Waals surface area contributed by atoms with E-state index < -0.39 is 0 Å². The van der Waals surface area contributed by atoms with E-state index in [4.69, 9.17) is 28.3 Å². The zero-order valence-electron chi connectivity index (χ0n) is 10.6. The second-order valence-corrected chi connectivity index (χ2v) is 4.93. The van der Waals surface area contributed by atoms with E-state index in [-0.39, 0.29) is 12.5 Å². The molecule has 19 heavy (non-hydrogen) atoms. The molecule has 0 radical (unpaired) electrons. The lowest BCUT2D eigenvalue weighted by Crippen LogP contribution is -2.32. The number of carbonyl (C=O) groups excluding carboxylic acids is 1. The van der Waals surface area contributed by atoms with Crippen molar-refractivity contribution in [2.75, 3.05) is 13.2 Å². The summed E-state index contributed by atoms with van der Waals surface area (Å²) in [6.07, 6.45) is 2.72. The van der Waals surface area contributed by atoms with Crippen LogP contribution < -0.4 is 0 Å². The summed E-state index contributed by atoms with van der Waals surface area (Å²) in [5.74, 6) is -0.0139. The van der Waals surface area contributed by atoms with Gasteiger partial charge < -0.3 is 10.0 Å². The maximum absolute atomic E-state index is 12.0. The first-order valence-electron chi connectivity index (χ1n) is 6.02. The molecule has 5 heteroatoms. The van der Waals surface area contributed by atoms with Gasteiger partial charge in [0.1, 0.15) is 0 Å². The van der Waals surface area contributed by atoms with Crippen LogP contribution in [0.4, 0.5) is 0 Å². The maximum atomic E-state index is 12.0. The van der Waals surface area contributed by atoms with Crippen LogP contribution >= 0.6 is 23.2 Å². The summed E-state index contributed by atoms with van der Waals surface area (Å²) in [6.45, 7) is 4.23. The Morgan fingerprint density at radius 2 is 2.11 bits per heavy atom. The summed E-state index contributed by atoms with van der Waals surface area (Å²) >= 11 is 11.8. The number of aliphatic hydroxyl groups is 1. The largest absolute Gasteiger partial charge is 0.395 e. The number of benzene rings is 1. The molecule has 0 spiro atoms. The Bertz CT molecular complexity index is 449. The number of hydrogen-bond acceptors (Lipinski definition) is 2. The normalized spacial score (nSPS) is 10.3. The molecular weight excluding hydrogens is 285 g/mol. The van der Waals surface area contributed by atoms with Crippen LogP contribution in [-0.2, 0) is 11.3 Å². The van der Waals surface area contributed by atoms with E-state index in [9.17, 15) is 4.79 Å². The molecule has 0 aliphatic heterocycles. The molecule has 0 unspecified atom stereocenters. The summed E-state index contributed by atoms with van der Waals surface area (Å²) in [5.41, 5.74) is 0.884. The SMILES string of the molecule is C=CCCC(=O)N(CCO)Cc1ccc(Cl)c(Cl)c1. The summed E-state index contributed by atoms with van der Waals surface area (Å²) in [5, 5.41) is 9.97. The molecule has 1 N–H and O–H groups in total. The standard InChI is InChI=1S/C14H17Cl2NO2/c1-2-3-4-14(19)17(7-8-18)10-11-5-6-12(15)13(16)9-11/h2,5-6,9,18H,1,3-4,7-8,10H2. The quantitative estimate of drug-likeness (QED) is 0.785. The van der Waals surface area contributed by atoms with Crippen molar-refractivity contribution < 1.29 is 9.90 Å². The Morgan fingerprint density at radius 3 is 2.68 bits per heavy atom. The zero-order valence-corrected chi connectivity index (χ0v) is 12.1. The molecule has 0 atom stereocenters. The Morgan fingerprint density at radius 1 is 1.37 bits per heavy atom. The third-order valence-electron chi connectivity index (χ3n) is 2.64. The van der Waals surface area contributed by atoms with E-state index in [1.54, 1.807) is 23.1 Å². The number of nitrogens with zero attached hydrogens (tertiary/aromatic N) is 1. The van der Waals surface area contributed by atoms with Gasteiger partial charge in [-0.2, -0.15) is 0 Å². The predicted octanol–water partition coefficient (Wildman–Crippen LogP) is 3.28. The van der Waals surface area contributed by atoms with Crippen LogP contribution in [0.1, 0.15) is 18.4 Å². The van der Waals surface area contributed by atoms with Gasteiger partial charge in [-0.15, -0.1) is 6.58 Å². The van der Waals surface area contributed by atoms with Gasteiger partial charge in [0.15, 0.2) is 0 Å². The van der Waals surface area contributed by atoms with E-state index in [1.165, 1.54) is 0 Å². The molecule has 0 aliphatic rings. The Kier molecular flexibility index (Phi) is 6.92. The smallest absolute Gasteiger partial charge is 0.223 e.